The van der Waals surface area contributed by atoms with Gasteiger partial charge in [0.2, 0.25) is 5.56 Å². The van der Waals surface area contributed by atoms with E-state index < -0.39 is 0 Å². The predicted octanol–water partition coefficient (Wildman–Crippen LogP) is 1.25. The van der Waals surface area contributed by atoms with Gasteiger partial charge in [-0.15, -0.1) is 0 Å². The molecule has 4 heteroatoms. The van der Waals surface area contributed by atoms with Gasteiger partial charge >= 0.3 is 0 Å². The molecule has 0 aliphatic heterocycles. The highest BCUT2D eigenvalue weighted by atomic mass is 16.2. The van der Waals surface area contributed by atoms with E-state index in [0.717, 1.165) is 0 Å². The van der Waals surface area contributed by atoms with Gasteiger partial charge in [-0.2, -0.15) is 0 Å². The monoisotopic (exact) mass is 220 g/mol. The molecule has 1 amide bonds. The van der Waals surface area contributed by atoms with Crippen LogP contribution in [0.15, 0.2) is 23.1 Å². The number of aromatic nitrogens is 1. The summed E-state index contributed by atoms with van der Waals surface area (Å²) in [7, 11) is 1.82. The number of hydrogen-bond donors (Lipinski definition) is 1. The van der Waals surface area contributed by atoms with Crippen molar-refractivity contribution in [1.29, 1.82) is 0 Å². The standard InChI is InChI=1S/C12H16N2O2/c1-8(9-3-4-9)14(2)12(16)10-5-6-11(15)13-7-10/h5-9H,3-4H2,1-2H3,(H,13,15). The van der Waals surface area contributed by atoms with Crippen LogP contribution in [0.2, 0.25) is 0 Å². The second-order valence-corrected chi connectivity index (χ2v) is 4.44. The summed E-state index contributed by atoms with van der Waals surface area (Å²) in [6.45, 7) is 2.07. The maximum absolute atomic E-state index is 12.0. The Morgan fingerprint density at radius 1 is 1.50 bits per heavy atom. The van der Waals surface area contributed by atoms with E-state index in [9.17, 15) is 9.59 Å². The van der Waals surface area contributed by atoms with Crippen molar-refractivity contribution in [2.24, 2.45) is 5.92 Å². The largest absolute Gasteiger partial charge is 0.339 e. The zero-order valence-corrected chi connectivity index (χ0v) is 9.56. The lowest BCUT2D eigenvalue weighted by molar-refractivity contribution is 0.0727. The smallest absolute Gasteiger partial charge is 0.255 e. The van der Waals surface area contributed by atoms with Gasteiger partial charge in [0, 0.05) is 25.4 Å². The van der Waals surface area contributed by atoms with Crippen molar-refractivity contribution in [2.45, 2.75) is 25.8 Å². The zero-order chi connectivity index (χ0) is 11.7. The minimum Gasteiger partial charge on any atom is -0.339 e. The van der Waals surface area contributed by atoms with Crippen LogP contribution in [0.25, 0.3) is 0 Å². The van der Waals surface area contributed by atoms with Crippen molar-refractivity contribution in [1.82, 2.24) is 9.88 Å². The number of nitrogens with one attached hydrogen (secondary N) is 1. The second kappa shape index (κ2) is 4.12. The van der Waals surface area contributed by atoms with Crippen molar-refractivity contribution in [3.8, 4) is 0 Å². The maximum Gasteiger partial charge on any atom is 0.255 e. The Morgan fingerprint density at radius 3 is 2.69 bits per heavy atom. The van der Waals surface area contributed by atoms with E-state index in [0.29, 0.717) is 11.5 Å². The molecule has 0 aromatic carbocycles. The number of amides is 1. The Kier molecular flexibility index (Phi) is 2.81. The summed E-state index contributed by atoms with van der Waals surface area (Å²) < 4.78 is 0. The summed E-state index contributed by atoms with van der Waals surface area (Å²) in [6, 6.07) is 3.22. The molecule has 86 valence electrons. The van der Waals surface area contributed by atoms with Crippen molar-refractivity contribution < 1.29 is 4.79 Å². The third-order valence-electron chi connectivity index (χ3n) is 3.27. The van der Waals surface area contributed by atoms with E-state index in [2.05, 4.69) is 11.9 Å². The van der Waals surface area contributed by atoms with Crippen molar-refractivity contribution in [3.63, 3.8) is 0 Å². The first-order chi connectivity index (χ1) is 7.59. The molecule has 4 nitrogen and oxygen atoms in total. The Morgan fingerprint density at radius 2 is 2.19 bits per heavy atom. The van der Waals surface area contributed by atoms with E-state index in [1.807, 2.05) is 7.05 Å². The molecular weight excluding hydrogens is 204 g/mol. The number of pyridine rings is 1. The topological polar surface area (TPSA) is 53.2 Å². The molecule has 1 fully saturated rings. The first-order valence-electron chi connectivity index (χ1n) is 5.55. The molecule has 0 saturated heterocycles. The molecule has 2 rings (SSSR count). The number of aromatic amines is 1. The number of carbonyl (C=O) groups excluding carboxylic acids is 1. The Bertz CT molecular complexity index is 428. The summed E-state index contributed by atoms with van der Waals surface area (Å²) >= 11 is 0. The van der Waals surface area contributed by atoms with Crippen LogP contribution in [-0.4, -0.2) is 28.9 Å². The molecule has 1 atom stereocenters. The molecule has 16 heavy (non-hydrogen) atoms. The first kappa shape index (κ1) is 10.9. The van der Waals surface area contributed by atoms with Crippen molar-refractivity contribution >= 4 is 5.91 Å². The number of carbonyl (C=O) groups is 1. The zero-order valence-electron chi connectivity index (χ0n) is 9.56. The molecule has 1 aromatic rings. The lowest BCUT2D eigenvalue weighted by Gasteiger charge is -2.24. The van der Waals surface area contributed by atoms with Crippen LogP contribution in [0.5, 0.6) is 0 Å². The summed E-state index contributed by atoms with van der Waals surface area (Å²) in [6.07, 6.45) is 3.90. The van der Waals surface area contributed by atoms with E-state index >= 15 is 0 Å². The van der Waals surface area contributed by atoms with Crippen LogP contribution in [0.4, 0.5) is 0 Å². The second-order valence-electron chi connectivity index (χ2n) is 4.44. The van der Waals surface area contributed by atoms with Gasteiger partial charge in [0.05, 0.1) is 5.56 Å². The van der Waals surface area contributed by atoms with Crippen molar-refractivity contribution in [2.75, 3.05) is 7.05 Å². The molecular formula is C12H16N2O2. The van der Waals surface area contributed by atoms with Gasteiger partial charge in [-0.05, 0) is 31.7 Å². The first-order valence-corrected chi connectivity index (χ1v) is 5.55. The van der Waals surface area contributed by atoms with Gasteiger partial charge in [-0.1, -0.05) is 0 Å². The van der Waals surface area contributed by atoms with E-state index in [1.165, 1.54) is 25.1 Å². The highest BCUT2D eigenvalue weighted by Crippen LogP contribution is 2.34. The fraction of sp³-hybridized carbons (Fsp3) is 0.500. The minimum absolute atomic E-state index is 0.0318. The van der Waals surface area contributed by atoms with Crippen molar-refractivity contribution in [3.05, 3.63) is 34.2 Å². The highest BCUT2D eigenvalue weighted by Gasteiger charge is 2.32. The van der Waals surface area contributed by atoms with Gasteiger partial charge in [0.1, 0.15) is 0 Å². The number of hydrogen-bond acceptors (Lipinski definition) is 2. The van der Waals surface area contributed by atoms with Crippen LogP contribution in [0.3, 0.4) is 0 Å². The van der Waals surface area contributed by atoms with E-state index in [4.69, 9.17) is 0 Å². The molecule has 1 saturated carbocycles. The molecule has 0 bridgehead atoms. The van der Waals surface area contributed by atoms with Crippen LogP contribution < -0.4 is 5.56 Å². The molecule has 1 aliphatic carbocycles. The van der Waals surface area contributed by atoms with Gasteiger partial charge in [0.15, 0.2) is 0 Å². The summed E-state index contributed by atoms with van der Waals surface area (Å²) in [5.41, 5.74) is 0.351. The Labute approximate surface area is 94.3 Å². The molecule has 0 spiro atoms. The van der Waals surface area contributed by atoms with Gasteiger partial charge in [-0.25, -0.2) is 0 Å². The predicted molar refractivity (Wildman–Crippen MR) is 61.3 cm³/mol. The lowest BCUT2D eigenvalue weighted by atomic mass is 10.1. The van der Waals surface area contributed by atoms with Crippen LogP contribution >= 0.6 is 0 Å². The number of rotatable bonds is 3. The average Bonchev–Trinajstić information content (AvgIpc) is 3.11. The Balaban J connectivity index is 2.11. The van der Waals surface area contributed by atoms with Crippen LogP contribution in [0, 0.1) is 5.92 Å². The Hall–Kier alpha value is -1.58. The highest BCUT2D eigenvalue weighted by molar-refractivity contribution is 5.93. The number of H-pyrrole nitrogens is 1. The van der Waals surface area contributed by atoms with E-state index in [-0.39, 0.29) is 17.5 Å². The van der Waals surface area contributed by atoms with Gasteiger partial charge in [0.25, 0.3) is 5.91 Å². The fourth-order valence-electron chi connectivity index (χ4n) is 1.83. The van der Waals surface area contributed by atoms with Gasteiger partial charge in [-0.3, -0.25) is 9.59 Å². The summed E-state index contributed by atoms with van der Waals surface area (Å²) in [4.78, 5) is 27.2. The maximum atomic E-state index is 12.0. The van der Waals surface area contributed by atoms with E-state index in [1.54, 1.807) is 11.0 Å². The minimum atomic E-state index is -0.186. The molecule has 1 unspecified atom stereocenters. The number of nitrogens with zero attached hydrogens (tertiary/aromatic N) is 1. The van der Waals surface area contributed by atoms with Crippen LogP contribution in [-0.2, 0) is 0 Å². The van der Waals surface area contributed by atoms with Crippen LogP contribution in [0.1, 0.15) is 30.1 Å². The van der Waals surface area contributed by atoms with Gasteiger partial charge < -0.3 is 9.88 Å². The quantitative estimate of drug-likeness (QED) is 0.833. The summed E-state index contributed by atoms with van der Waals surface area (Å²) in [5, 5.41) is 0. The third-order valence-corrected chi connectivity index (χ3v) is 3.27. The fourth-order valence-corrected chi connectivity index (χ4v) is 1.83. The molecule has 1 heterocycles. The summed E-state index contributed by atoms with van der Waals surface area (Å²) in [5.74, 6) is 0.618. The normalized spacial score (nSPS) is 16.9. The third kappa shape index (κ3) is 2.15. The molecule has 1 aromatic heterocycles. The molecule has 1 N–H and O–H groups in total. The lowest BCUT2D eigenvalue weighted by Crippen LogP contribution is -2.36. The SMILES string of the molecule is CC(C1CC1)N(C)C(=O)c1ccc(=O)[nH]c1. The molecule has 0 radical (unpaired) electrons. The molecule has 1 aliphatic rings. The average molecular weight is 220 g/mol.